The van der Waals surface area contributed by atoms with E-state index in [1.54, 1.807) is 0 Å². The van der Waals surface area contributed by atoms with Crippen LogP contribution in [0.2, 0.25) is 0 Å². The van der Waals surface area contributed by atoms with Crippen molar-refractivity contribution >= 4 is 27.5 Å². The van der Waals surface area contributed by atoms with Crippen molar-refractivity contribution in [1.82, 2.24) is 0 Å². The lowest BCUT2D eigenvalue weighted by Gasteiger charge is -2.21. The molecule has 1 aliphatic rings. The van der Waals surface area contributed by atoms with Gasteiger partial charge in [-0.3, -0.25) is 4.79 Å². The van der Waals surface area contributed by atoms with Crippen LogP contribution in [-0.2, 0) is 4.79 Å². The van der Waals surface area contributed by atoms with Crippen molar-refractivity contribution in [2.24, 2.45) is 0 Å². The lowest BCUT2D eigenvalue weighted by molar-refractivity contribution is -0.118. The molecule has 1 aromatic carbocycles. The Morgan fingerprint density at radius 3 is 2.87 bits per heavy atom. The van der Waals surface area contributed by atoms with E-state index < -0.39 is 0 Å². The number of fused-ring (bicyclic) bond motifs is 1. The number of rotatable bonds is 1. The monoisotopic (exact) mass is 269 g/mol. The van der Waals surface area contributed by atoms with E-state index in [1.165, 1.54) is 5.56 Å². The molecule has 0 radical (unpaired) electrons. The van der Waals surface area contributed by atoms with E-state index in [9.17, 15) is 4.79 Å². The van der Waals surface area contributed by atoms with Gasteiger partial charge in [0.05, 0.1) is 10.2 Å². The standard InChI is InChI=1S/C11H12BrNO2/c1-6(2)7-3-8(12)11-9(4-7)13-10(14)5-15-11/h3-4,6H,5H2,1-2H3,(H,13,14). The molecule has 0 bridgehead atoms. The fourth-order valence-electron chi connectivity index (χ4n) is 1.51. The summed E-state index contributed by atoms with van der Waals surface area (Å²) in [6, 6.07) is 3.99. The van der Waals surface area contributed by atoms with Gasteiger partial charge >= 0.3 is 0 Å². The van der Waals surface area contributed by atoms with Crippen molar-refractivity contribution in [2.45, 2.75) is 19.8 Å². The van der Waals surface area contributed by atoms with Gasteiger partial charge in [0.1, 0.15) is 0 Å². The van der Waals surface area contributed by atoms with Crippen LogP contribution < -0.4 is 10.1 Å². The fourth-order valence-corrected chi connectivity index (χ4v) is 2.10. The summed E-state index contributed by atoms with van der Waals surface area (Å²) >= 11 is 3.44. The first-order valence-corrected chi connectivity index (χ1v) is 5.63. The lowest BCUT2D eigenvalue weighted by atomic mass is 10.0. The number of nitrogens with one attached hydrogen (secondary N) is 1. The van der Waals surface area contributed by atoms with Gasteiger partial charge in [0, 0.05) is 0 Å². The second-order valence-corrected chi connectivity index (χ2v) is 4.73. The van der Waals surface area contributed by atoms with Crippen LogP contribution in [0.25, 0.3) is 0 Å². The fraction of sp³-hybridized carbons (Fsp3) is 0.364. The molecule has 0 atom stereocenters. The van der Waals surface area contributed by atoms with Crippen LogP contribution in [0.1, 0.15) is 25.3 Å². The molecule has 1 aromatic rings. The number of anilines is 1. The summed E-state index contributed by atoms with van der Waals surface area (Å²) in [4.78, 5) is 11.2. The van der Waals surface area contributed by atoms with E-state index in [-0.39, 0.29) is 12.5 Å². The van der Waals surface area contributed by atoms with E-state index in [1.807, 2.05) is 12.1 Å². The van der Waals surface area contributed by atoms with Crippen molar-refractivity contribution in [2.75, 3.05) is 11.9 Å². The van der Waals surface area contributed by atoms with E-state index in [0.29, 0.717) is 5.92 Å². The van der Waals surface area contributed by atoms with Crippen molar-refractivity contribution in [3.8, 4) is 5.75 Å². The first-order chi connectivity index (χ1) is 7.08. The first kappa shape index (κ1) is 10.5. The zero-order valence-corrected chi connectivity index (χ0v) is 10.2. The number of ether oxygens (including phenoxy) is 1. The van der Waals surface area contributed by atoms with Gasteiger partial charge in [-0.1, -0.05) is 13.8 Å². The first-order valence-electron chi connectivity index (χ1n) is 4.84. The predicted molar refractivity (Wildman–Crippen MR) is 62.4 cm³/mol. The SMILES string of the molecule is CC(C)c1cc(Br)c2c(c1)NC(=O)CO2. The largest absolute Gasteiger partial charge is 0.480 e. The third kappa shape index (κ3) is 2.00. The molecule has 4 heteroatoms. The van der Waals surface area contributed by atoms with E-state index in [0.717, 1.165) is 15.9 Å². The highest BCUT2D eigenvalue weighted by Gasteiger charge is 2.19. The maximum atomic E-state index is 11.2. The highest BCUT2D eigenvalue weighted by molar-refractivity contribution is 9.10. The summed E-state index contributed by atoms with van der Waals surface area (Å²) in [6.45, 7) is 4.31. The Kier molecular flexibility index (Phi) is 2.69. The minimum Gasteiger partial charge on any atom is -0.480 e. The summed E-state index contributed by atoms with van der Waals surface area (Å²) in [5, 5.41) is 2.80. The molecule has 1 aliphatic heterocycles. The van der Waals surface area contributed by atoms with Crippen LogP contribution in [0.3, 0.4) is 0 Å². The molecule has 1 N–H and O–H groups in total. The molecule has 3 nitrogen and oxygen atoms in total. The van der Waals surface area contributed by atoms with Gasteiger partial charge in [0.2, 0.25) is 0 Å². The smallest absolute Gasteiger partial charge is 0.262 e. The van der Waals surface area contributed by atoms with Crippen LogP contribution in [0, 0.1) is 0 Å². The Balaban J connectivity index is 2.48. The van der Waals surface area contributed by atoms with Gasteiger partial charge < -0.3 is 10.1 Å². The summed E-state index contributed by atoms with van der Waals surface area (Å²) in [5.41, 5.74) is 1.93. The Morgan fingerprint density at radius 2 is 2.20 bits per heavy atom. The third-order valence-corrected chi connectivity index (χ3v) is 2.94. The summed E-state index contributed by atoms with van der Waals surface area (Å²) in [7, 11) is 0. The highest BCUT2D eigenvalue weighted by Crippen LogP contribution is 2.38. The number of hydrogen-bond acceptors (Lipinski definition) is 2. The van der Waals surface area contributed by atoms with Crippen molar-refractivity contribution in [3.63, 3.8) is 0 Å². The quantitative estimate of drug-likeness (QED) is 0.852. The third-order valence-electron chi connectivity index (χ3n) is 2.35. The normalized spacial score (nSPS) is 14.5. The minimum absolute atomic E-state index is 0.0899. The Hall–Kier alpha value is -1.03. The van der Waals surface area contributed by atoms with E-state index >= 15 is 0 Å². The summed E-state index contributed by atoms with van der Waals surface area (Å²) in [6.07, 6.45) is 0. The minimum atomic E-state index is -0.102. The molecule has 2 rings (SSSR count). The Bertz CT molecular complexity index is 415. The molecule has 0 unspecified atom stereocenters. The summed E-state index contributed by atoms with van der Waals surface area (Å²) < 4.78 is 6.23. The van der Waals surface area contributed by atoms with Crippen molar-refractivity contribution < 1.29 is 9.53 Å². The van der Waals surface area contributed by atoms with E-state index in [4.69, 9.17) is 4.74 Å². The molecule has 15 heavy (non-hydrogen) atoms. The molecule has 0 aliphatic carbocycles. The van der Waals surface area contributed by atoms with Gasteiger partial charge in [-0.2, -0.15) is 0 Å². The number of benzene rings is 1. The van der Waals surface area contributed by atoms with Gasteiger partial charge in [0.15, 0.2) is 12.4 Å². The number of halogens is 1. The molecule has 0 aromatic heterocycles. The van der Waals surface area contributed by atoms with Crippen molar-refractivity contribution in [1.29, 1.82) is 0 Å². The maximum Gasteiger partial charge on any atom is 0.262 e. The summed E-state index contributed by atoms with van der Waals surface area (Å²) in [5.74, 6) is 1.04. The number of carbonyl (C=O) groups excluding carboxylic acids is 1. The Labute approximate surface area is 96.9 Å². The predicted octanol–water partition coefficient (Wildman–Crippen LogP) is 2.90. The Morgan fingerprint density at radius 1 is 1.47 bits per heavy atom. The molecule has 1 heterocycles. The maximum absolute atomic E-state index is 11.2. The number of carbonyl (C=O) groups is 1. The highest BCUT2D eigenvalue weighted by atomic mass is 79.9. The van der Waals surface area contributed by atoms with Gasteiger partial charge in [-0.05, 0) is 39.5 Å². The molecule has 0 fully saturated rings. The molecule has 0 spiro atoms. The molecular weight excluding hydrogens is 258 g/mol. The van der Waals surface area contributed by atoms with Crippen LogP contribution in [-0.4, -0.2) is 12.5 Å². The molecular formula is C11H12BrNO2. The second kappa shape index (κ2) is 3.85. The van der Waals surface area contributed by atoms with Crippen LogP contribution in [0.15, 0.2) is 16.6 Å². The number of hydrogen-bond donors (Lipinski definition) is 1. The zero-order valence-electron chi connectivity index (χ0n) is 8.63. The molecule has 1 amide bonds. The molecule has 80 valence electrons. The zero-order chi connectivity index (χ0) is 11.0. The van der Waals surface area contributed by atoms with Gasteiger partial charge in [0.25, 0.3) is 5.91 Å². The average Bonchev–Trinajstić information content (AvgIpc) is 2.16. The molecule has 0 saturated carbocycles. The van der Waals surface area contributed by atoms with Crippen LogP contribution in [0.5, 0.6) is 5.75 Å². The van der Waals surface area contributed by atoms with Crippen molar-refractivity contribution in [3.05, 3.63) is 22.2 Å². The molecule has 0 saturated heterocycles. The topological polar surface area (TPSA) is 38.3 Å². The number of amides is 1. The van der Waals surface area contributed by atoms with Crippen LogP contribution >= 0.6 is 15.9 Å². The average molecular weight is 270 g/mol. The lowest BCUT2D eigenvalue weighted by Crippen LogP contribution is -2.25. The second-order valence-electron chi connectivity index (χ2n) is 3.87. The van der Waals surface area contributed by atoms with Crippen LogP contribution in [0.4, 0.5) is 5.69 Å². The van der Waals surface area contributed by atoms with Gasteiger partial charge in [-0.15, -0.1) is 0 Å². The van der Waals surface area contributed by atoms with Gasteiger partial charge in [-0.25, -0.2) is 0 Å². The van der Waals surface area contributed by atoms with E-state index in [2.05, 4.69) is 35.1 Å².